The predicted octanol–water partition coefficient (Wildman–Crippen LogP) is 7.01. The summed E-state index contributed by atoms with van der Waals surface area (Å²) >= 11 is 0. The van der Waals surface area contributed by atoms with E-state index in [1.807, 2.05) is 0 Å². The largest absolute Gasteiger partial charge is 0.388 e. The van der Waals surface area contributed by atoms with Crippen LogP contribution in [-0.4, -0.2) is 10.7 Å². The van der Waals surface area contributed by atoms with Crippen LogP contribution in [-0.2, 0) is 0 Å². The molecule has 0 aromatic rings. The summed E-state index contributed by atoms with van der Waals surface area (Å²) in [6.45, 7) is 4.55. The van der Waals surface area contributed by atoms with Crippen LogP contribution in [0.5, 0.6) is 0 Å². The van der Waals surface area contributed by atoms with Gasteiger partial charge in [0.2, 0.25) is 0 Å². The zero-order valence-electron chi connectivity index (χ0n) is 18.0. The van der Waals surface area contributed by atoms with Crippen molar-refractivity contribution in [2.45, 2.75) is 122 Å². The Morgan fingerprint density at radius 1 is 0.926 bits per heavy atom. The summed E-state index contributed by atoms with van der Waals surface area (Å²) in [4.78, 5) is 0. The zero-order valence-corrected chi connectivity index (χ0v) is 18.0. The lowest BCUT2D eigenvalue weighted by molar-refractivity contribution is -0.115. The molecular formula is C25H43NO. The number of unbranched alkanes of at least 4 members (excludes halogenated alkanes) is 2. The third kappa shape index (κ3) is 4.72. The van der Waals surface area contributed by atoms with E-state index in [2.05, 4.69) is 19.9 Å². The van der Waals surface area contributed by atoms with Crippen LogP contribution in [0.1, 0.15) is 117 Å². The van der Waals surface area contributed by atoms with Gasteiger partial charge in [0.1, 0.15) is 0 Å². The molecule has 0 radical (unpaired) electrons. The van der Waals surface area contributed by atoms with Crippen LogP contribution in [0.25, 0.3) is 0 Å². The Hall–Kier alpha value is -0.550. The van der Waals surface area contributed by atoms with Crippen molar-refractivity contribution in [3.8, 4) is 6.07 Å². The molecule has 0 spiro atoms. The minimum atomic E-state index is -0.721. The maximum Gasteiger partial charge on any atom is 0.0860 e. The molecule has 1 N–H and O–H groups in total. The quantitative estimate of drug-likeness (QED) is 0.509. The Kier molecular flexibility index (Phi) is 7.29. The molecule has 0 heterocycles. The van der Waals surface area contributed by atoms with Gasteiger partial charge in [0.05, 0.1) is 17.1 Å². The molecule has 0 aliphatic heterocycles. The average molecular weight is 374 g/mol. The Balaban J connectivity index is 1.50. The minimum absolute atomic E-state index is 0.463. The number of hydrogen-bond acceptors (Lipinski definition) is 2. The molecule has 0 bridgehead atoms. The minimum Gasteiger partial charge on any atom is -0.388 e. The highest BCUT2D eigenvalue weighted by Crippen LogP contribution is 2.54. The molecule has 27 heavy (non-hydrogen) atoms. The summed E-state index contributed by atoms with van der Waals surface area (Å²) in [5.74, 6) is 3.26. The molecule has 0 aromatic carbocycles. The highest BCUT2D eigenvalue weighted by atomic mass is 16.3. The van der Waals surface area contributed by atoms with Gasteiger partial charge < -0.3 is 5.11 Å². The van der Waals surface area contributed by atoms with E-state index in [4.69, 9.17) is 0 Å². The fourth-order valence-electron chi connectivity index (χ4n) is 6.88. The molecule has 3 aliphatic rings. The Bertz CT molecular complexity index is 493. The van der Waals surface area contributed by atoms with Gasteiger partial charge in [0.25, 0.3) is 0 Å². The molecule has 3 aliphatic carbocycles. The fourth-order valence-corrected chi connectivity index (χ4v) is 6.88. The van der Waals surface area contributed by atoms with Gasteiger partial charge in [-0.2, -0.15) is 5.26 Å². The average Bonchev–Trinajstić information content (AvgIpc) is 2.68. The zero-order chi connectivity index (χ0) is 19.3. The van der Waals surface area contributed by atoms with E-state index in [9.17, 15) is 10.4 Å². The Labute approximate surface area is 168 Å². The highest BCUT2D eigenvalue weighted by Gasteiger charge is 2.53. The smallest absolute Gasteiger partial charge is 0.0860 e. The number of aliphatic hydroxyl groups is 1. The van der Waals surface area contributed by atoms with Crippen molar-refractivity contribution in [1.82, 2.24) is 0 Å². The van der Waals surface area contributed by atoms with Crippen molar-refractivity contribution in [2.24, 2.45) is 29.1 Å². The normalized spacial score (nSPS) is 43.2. The second-order valence-corrected chi connectivity index (χ2v) is 10.5. The van der Waals surface area contributed by atoms with Gasteiger partial charge in [-0.25, -0.2) is 0 Å². The van der Waals surface area contributed by atoms with E-state index in [0.29, 0.717) is 5.92 Å². The molecule has 3 saturated carbocycles. The molecule has 3 rings (SSSR count). The summed E-state index contributed by atoms with van der Waals surface area (Å²) in [5.41, 5.74) is -1.18. The van der Waals surface area contributed by atoms with Crippen LogP contribution in [0.15, 0.2) is 0 Å². The Morgan fingerprint density at radius 3 is 2.19 bits per heavy atom. The van der Waals surface area contributed by atoms with E-state index >= 15 is 0 Å². The van der Waals surface area contributed by atoms with E-state index in [1.165, 1.54) is 70.6 Å². The van der Waals surface area contributed by atoms with Crippen LogP contribution in [0, 0.1) is 40.4 Å². The van der Waals surface area contributed by atoms with E-state index in [-0.39, 0.29) is 0 Å². The van der Waals surface area contributed by atoms with Gasteiger partial charge in [-0.1, -0.05) is 65.2 Å². The molecule has 2 nitrogen and oxygen atoms in total. The van der Waals surface area contributed by atoms with E-state index in [0.717, 1.165) is 49.9 Å². The summed E-state index contributed by atoms with van der Waals surface area (Å²) in [5, 5.41) is 21.5. The predicted molar refractivity (Wildman–Crippen MR) is 112 cm³/mol. The first-order chi connectivity index (χ1) is 13.0. The second-order valence-electron chi connectivity index (χ2n) is 10.5. The van der Waals surface area contributed by atoms with Crippen LogP contribution in [0.4, 0.5) is 0 Å². The first-order valence-corrected chi connectivity index (χ1v) is 12.2. The molecule has 3 fully saturated rings. The summed E-state index contributed by atoms with van der Waals surface area (Å²) in [7, 11) is 0. The van der Waals surface area contributed by atoms with Crippen LogP contribution < -0.4 is 0 Å². The van der Waals surface area contributed by atoms with Crippen molar-refractivity contribution >= 4 is 0 Å². The lowest BCUT2D eigenvalue weighted by atomic mass is 9.55. The second kappa shape index (κ2) is 9.30. The lowest BCUT2D eigenvalue weighted by Gasteiger charge is -2.50. The van der Waals surface area contributed by atoms with Crippen molar-refractivity contribution in [2.75, 3.05) is 0 Å². The molecule has 154 valence electrons. The molecule has 2 heteroatoms. The maximum atomic E-state index is 11.4. The molecule has 1 unspecified atom stereocenters. The van der Waals surface area contributed by atoms with E-state index < -0.39 is 11.0 Å². The molecular weight excluding hydrogens is 330 g/mol. The van der Waals surface area contributed by atoms with Crippen LogP contribution in [0.3, 0.4) is 0 Å². The Morgan fingerprint density at radius 2 is 1.59 bits per heavy atom. The van der Waals surface area contributed by atoms with Crippen LogP contribution in [0.2, 0.25) is 0 Å². The van der Waals surface area contributed by atoms with Gasteiger partial charge in [0.15, 0.2) is 0 Å². The van der Waals surface area contributed by atoms with Gasteiger partial charge in [-0.05, 0) is 75.0 Å². The molecule has 0 saturated heterocycles. The number of nitriles is 1. The van der Waals surface area contributed by atoms with Gasteiger partial charge in [0, 0.05) is 0 Å². The highest BCUT2D eigenvalue weighted by molar-refractivity contribution is 5.14. The van der Waals surface area contributed by atoms with Gasteiger partial charge >= 0.3 is 0 Å². The summed E-state index contributed by atoms with van der Waals surface area (Å²) in [6, 6.07) is 2.66. The third-order valence-corrected chi connectivity index (χ3v) is 8.74. The first kappa shape index (κ1) is 21.2. The summed E-state index contributed by atoms with van der Waals surface area (Å²) < 4.78 is 0. The van der Waals surface area contributed by atoms with Gasteiger partial charge in [-0.3, -0.25) is 0 Å². The molecule has 0 aromatic heterocycles. The number of nitrogens with zero attached hydrogens (tertiary/aromatic N) is 1. The van der Waals surface area contributed by atoms with Crippen LogP contribution >= 0.6 is 0 Å². The van der Waals surface area contributed by atoms with Crippen molar-refractivity contribution < 1.29 is 5.11 Å². The fraction of sp³-hybridized carbons (Fsp3) is 0.960. The number of hydrogen-bond donors (Lipinski definition) is 1. The molecule has 0 amide bonds. The van der Waals surface area contributed by atoms with Crippen molar-refractivity contribution in [3.63, 3.8) is 0 Å². The lowest BCUT2D eigenvalue weighted by Crippen LogP contribution is -2.52. The topological polar surface area (TPSA) is 44.0 Å². The number of rotatable bonds is 6. The third-order valence-electron chi connectivity index (χ3n) is 8.74. The first-order valence-electron chi connectivity index (χ1n) is 12.2. The van der Waals surface area contributed by atoms with Gasteiger partial charge in [-0.15, -0.1) is 0 Å². The monoisotopic (exact) mass is 373 g/mol. The van der Waals surface area contributed by atoms with E-state index in [1.54, 1.807) is 0 Å². The van der Waals surface area contributed by atoms with Crippen molar-refractivity contribution in [3.05, 3.63) is 0 Å². The standard InChI is InChI=1S/C25H43NO/c1-3-4-5-8-21-9-11-22(12-10-21)23-13-16-24(19-26,17-14-23)25(27)15-6-7-20(2)18-25/h20-23,27H,3-18H2,1-2H3/t20?,21-,22-,23-,24+,25-/m1/s1. The van der Waals surface area contributed by atoms with Crippen molar-refractivity contribution in [1.29, 1.82) is 5.26 Å². The summed E-state index contributed by atoms with van der Waals surface area (Å²) in [6.07, 6.45) is 19.6. The maximum absolute atomic E-state index is 11.4. The SMILES string of the molecule is CCCCC[C@H]1CC[C@H]([C@H]2CC[C@@](C#N)([C@@]3(O)CCCC(C)C3)CC2)CC1. The molecule has 2 atom stereocenters.